The second-order valence-electron chi connectivity index (χ2n) is 9.49. The average Bonchev–Trinajstić information content (AvgIpc) is 3.62. The first-order valence-corrected chi connectivity index (χ1v) is 12.0. The van der Waals surface area contributed by atoms with Gasteiger partial charge in [0.1, 0.15) is 18.1 Å². The SMILES string of the molecule is CC(=O)c1c([C@H]2C[C@H]3CC[C@@H](C2)N3C(=O)CO)nc2c(-c3ccc(-c4ncc[nH]4)nc3)cnn2c1N. The molecule has 36 heavy (non-hydrogen) atoms. The molecule has 3 atom stereocenters. The number of carbonyl (C=O) groups is 2. The Morgan fingerprint density at radius 1 is 1.17 bits per heavy atom. The van der Waals surface area contributed by atoms with E-state index in [9.17, 15) is 14.7 Å². The molecular formula is C25H26N8O3. The van der Waals surface area contributed by atoms with E-state index in [4.69, 9.17) is 10.7 Å². The molecule has 4 aromatic rings. The van der Waals surface area contributed by atoms with Crippen molar-refractivity contribution in [2.24, 2.45) is 0 Å². The first-order valence-electron chi connectivity index (χ1n) is 12.0. The quantitative estimate of drug-likeness (QED) is 0.363. The lowest BCUT2D eigenvalue weighted by molar-refractivity contribution is -0.138. The molecule has 1 amide bonds. The summed E-state index contributed by atoms with van der Waals surface area (Å²) in [5.74, 6) is 0.505. The summed E-state index contributed by atoms with van der Waals surface area (Å²) in [6, 6.07) is 3.85. The van der Waals surface area contributed by atoms with Crippen LogP contribution in [-0.2, 0) is 4.79 Å². The zero-order chi connectivity index (χ0) is 25.0. The van der Waals surface area contributed by atoms with Gasteiger partial charge < -0.3 is 20.7 Å². The van der Waals surface area contributed by atoms with Crippen LogP contribution in [0.4, 0.5) is 5.82 Å². The molecule has 2 aliphatic rings. The number of anilines is 1. The normalized spacial score (nSPS) is 21.3. The van der Waals surface area contributed by atoms with Crippen molar-refractivity contribution in [3.8, 4) is 22.6 Å². The van der Waals surface area contributed by atoms with Gasteiger partial charge in [0.25, 0.3) is 0 Å². The van der Waals surface area contributed by atoms with Gasteiger partial charge in [-0.1, -0.05) is 6.07 Å². The highest BCUT2D eigenvalue weighted by atomic mass is 16.3. The molecule has 4 N–H and O–H groups in total. The molecular weight excluding hydrogens is 460 g/mol. The Morgan fingerprint density at radius 3 is 2.56 bits per heavy atom. The summed E-state index contributed by atoms with van der Waals surface area (Å²) in [7, 11) is 0. The van der Waals surface area contributed by atoms with Gasteiger partial charge in [-0.05, 0) is 38.7 Å². The average molecular weight is 487 g/mol. The number of ketones is 1. The zero-order valence-corrected chi connectivity index (χ0v) is 19.8. The lowest BCUT2D eigenvalue weighted by atomic mass is 9.85. The van der Waals surface area contributed by atoms with E-state index in [0.717, 1.165) is 24.0 Å². The molecule has 184 valence electrons. The molecule has 11 heteroatoms. The molecule has 0 unspecified atom stereocenters. The summed E-state index contributed by atoms with van der Waals surface area (Å²) in [6.45, 7) is 1.00. The number of nitrogen functional groups attached to an aromatic ring is 1. The number of imidazole rings is 1. The molecule has 2 aliphatic heterocycles. The number of nitrogens with two attached hydrogens (primary N) is 1. The number of amides is 1. The Hall–Kier alpha value is -4.12. The van der Waals surface area contributed by atoms with Crippen LogP contribution < -0.4 is 5.73 Å². The first kappa shape index (κ1) is 22.4. The summed E-state index contributed by atoms with van der Waals surface area (Å²) in [5, 5.41) is 13.8. The maximum atomic E-state index is 12.7. The molecule has 0 aliphatic carbocycles. The van der Waals surface area contributed by atoms with Gasteiger partial charge in [0.05, 0.1) is 17.5 Å². The van der Waals surface area contributed by atoms with Crippen LogP contribution in [0.3, 0.4) is 0 Å². The van der Waals surface area contributed by atoms with Gasteiger partial charge in [-0.2, -0.15) is 9.61 Å². The van der Waals surface area contributed by atoms with E-state index in [1.807, 2.05) is 17.0 Å². The number of pyridine rings is 1. The summed E-state index contributed by atoms with van der Waals surface area (Å²) in [4.78, 5) is 43.6. The third-order valence-electron chi connectivity index (χ3n) is 7.42. The summed E-state index contributed by atoms with van der Waals surface area (Å²) >= 11 is 0. The van der Waals surface area contributed by atoms with E-state index >= 15 is 0 Å². The molecule has 2 saturated heterocycles. The second kappa shape index (κ2) is 8.52. The Labute approximate surface area is 206 Å². The van der Waals surface area contributed by atoms with Crippen LogP contribution in [0, 0.1) is 0 Å². The van der Waals surface area contributed by atoms with E-state index in [2.05, 4.69) is 20.1 Å². The number of hydrogen-bond acceptors (Lipinski definition) is 8. The number of aliphatic hydroxyl groups excluding tert-OH is 1. The van der Waals surface area contributed by atoms with Crippen LogP contribution in [-0.4, -0.2) is 69.9 Å². The van der Waals surface area contributed by atoms with Crippen molar-refractivity contribution in [3.63, 3.8) is 0 Å². The van der Waals surface area contributed by atoms with Crippen molar-refractivity contribution < 1.29 is 14.7 Å². The van der Waals surface area contributed by atoms with Gasteiger partial charge in [-0.15, -0.1) is 0 Å². The van der Waals surface area contributed by atoms with E-state index in [-0.39, 0.29) is 35.5 Å². The number of hydrogen-bond donors (Lipinski definition) is 3. The fourth-order valence-corrected chi connectivity index (χ4v) is 5.88. The minimum atomic E-state index is -0.487. The highest BCUT2D eigenvalue weighted by Gasteiger charge is 2.44. The van der Waals surface area contributed by atoms with Crippen LogP contribution in [0.5, 0.6) is 0 Å². The monoisotopic (exact) mass is 486 g/mol. The molecule has 6 rings (SSSR count). The molecule has 2 fully saturated rings. The summed E-state index contributed by atoms with van der Waals surface area (Å²) in [5.41, 5.74) is 10.4. The molecule has 0 saturated carbocycles. The van der Waals surface area contributed by atoms with Crippen molar-refractivity contribution >= 4 is 23.2 Å². The fourth-order valence-electron chi connectivity index (χ4n) is 5.88. The molecule has 0 aromatic carbocycles. The number of fused-ring (bicyclic) bond motifs is 3. The Morgan fingerprint density at radius 2 is 1.94 bits per heavy atom. The third-order valence-corrected chi connectivity index (χ3v) is 7.42. The lowest BCUT2D eigenvalue weighted by Gasteiger charge is -2.39. The summed E-state index contributed by atoms with van der Waals surface area (Å²) < 4.78 is 1.51. The van der Waals surface area contributed by atoms with Gasteiger partial charge in [-0.25, -0.2) is 9.97 Å². The predicted molar refractivity (Wildman–Crippen MR) is 131 cm³/mol. The molecule has 6 heterocycles. The number of rotatable bonds is 5. The highest BCUT2D eigenvalue weighted by molar-refractivity contribution is 6.00. The van der Waals surface area contributed by atoms with E-state index in [1.54, 1.807) is 24.8 Å². The molecule has 11 nitrogen and oxygen atoms in total. The van der Waals surface area contributed by atoms with Crippen molar-refractivity contribution in [1.29, 1.82) is 0 Å². The number of H-pyrrole nitrogens is 1. The van der Waals surface area contributed by atoms with Gasteiger partial charge in [-0.3, -0.25) is 14.6 Å². The number of piperidine rings is 1. The largest absolute Gasteiger partial charge is 0.387 e. The fraction of sp³-hybridized carbons (Fsp3) is 0.360. The number of nitrogens with one attached hydrogen (secondary N) is 1. The highest BCUT2D eigenvalue weighted by Crippen LogP contribution is 2.44. The van der Waals surface area contributed by atoms with E-state index in [0.29, 0.717) is 41.3 Å². The number of carbonyl (C=O) groups excluding carboxylic acids is 2. The number of aromatic amines is 1. The van der Waals surface area contributed by atoms with Crippen LogP contribution >= 0.6 is 0 Å². The molecule has 2 bridgehead atoms. The summed E-state index contributed by atoms with van der Waals surface area (Å²) in [6.07, 6.45) is 9.95. The standard InChI is InChI=1S/C25H26N8O3/c1-13(35)21-22(15-8-16-3-4-17(9-15)32(16)20(36)12-34)31-25-18(11-30-33(25)23(21)26)14-2-5-19(29-10-14)24-27-6-7-28-24/h2,5-7,10-11,15-17,34H,3-4,8-9,12,26H2,1H3,(H,27,28)/t15-,16+,17-. The molecule has 4 aromatic heterocycles. The third kappa shape index (κ3) is 3.46. The van der Waals surface area contributed by atoms with Crippen LogP contribution in [0.1, 0.15) is 54.6 Å². The lowest BCUT2D eigenvalue weighted by Crippen LogP contribution is -2.47. The van der Waals surface area contributed by atoms with Crippen molar-refractivity contribution in [2.75, 3.05) is 12.3 Å². The maximum Gasteiger partial charge on any atom is 0.248 e. The number of aliphatic hydroxyl groups is 1. The Balaban J connectivity index is 1.42. The number of Topliss-reactive ketones (excluding diaryl/α,β-unsaturated/α-hetero) is 1. The minimum Gasteiger partial charge on any atom is -0.387 e. The molecule has 0 radical (unpaired) electrons. The van der Waals surface area contributed by atoms with Crippen LogP contribution in [0.25, 0.3) is 28.3 Å². The van der Waals surface area contributed by atoms with E-state index in [1.165, 1.54) is 11.4 Å². The van der Waals surface area contributed by atoms with Crippen LogP contribution in [0.15, 0.2) is 36.9 Å². The van der Waals surface area contributed by atoms with Crippen molar-refractivity contribution in [1.82, 2.24) is 34.4 Å². The van der Waals surface area contributed by atoms with Gasteiger partial charge in [0.2, 0.25) is 5.91 Å². The van der Waals surface area contributed by atoms with Gasteiger partial charge >= 0.3 is 0 Å². The maximum absolute atomic E-state index is 12.7. The smallest absolute Gasteiger partial charge is 0.248 e. The Bertz CT molecular complexity index is 1450. The predicted octanol–water partition coefficient (Wildman–Crippen LogP) is 2.20. The second-order valence-corrected chi connectivity index (χ2v) is 9.49. The van der Waals surface area contributed by atoms with Crippen molar-refractivity contribution in [3.05, 3.63) is 48.2 Å². The van der Waals surface area contributed by atoms with E-state index < -0.39 is 6.61 Å². The van der Waals surface area contributed by atoms with Gasteiger partial charge in [0, 0.05) is 47.7 Å². The Kier molecular flexibility index (Phi) is 5.29. The van der Waals surface area contributed by atoms with Gasteiger partial charge in [0.15, 0.2) is 17.3 Å². The molecule has 0 spiro atoms. The van der Waals surface area contributed by atoms with Crippen molar-refractivity contribution in [2.45, 2.75) is 50.6 Å². The minimum absolute atomic E-state index is 0.0233. The van der Waals surface area contributed by atoms with Crippen LogP contribution in [0.2, 0.25) is 0 Å². The zero-order valence-electron chi connectivity index (χ0n) is 19.8. The number of nitrogens with zero attached hydrogens (tertiary/aromatic N) is 6. The number of aromatic nitrogens is 6. The topological polar surface area (TPSA) is 155 Å². The first-order chi connectivity index (χ1) is 17.5.